The van der Waals surface area contributed by atoms with Gasteiger partial charge in [-0.25, -0.2) is 4.79 Å². The minimum absolute atomic E-state index is 0.170. The monoisotopic (exact) mass is 173 g/mol. The lowest BCUT2D eigenvalue weighted by molar-refractivity contribution is -0.131. The molecule has 0 unspecified atom stereocenters. The van der Waals surface area contributed by atoms with Crippen molar-refractivity contribution in [3.8, 4) is 0 Å². The maximum Gasteiger partial charge on any atom is 0.328 e. The van der Waals surface area contributed by atoms with Crippen LogP contribution in [0.4, 0.5) is 4.39 Å². The van der Waals surface area contributed by atoms with E-state index in [0.717, 1.165) is 19.2 Å². The summed E-state index contributed by atoms with van der Waals surface area (Å²) >= 11 is 0. The summed E-state index contributed by atoms with van der Waals surface area (Å²) in [6, 6.07) is 0. The summed E-state index contributed by atoms with van der Waals surface area (Å²) in [4.78, 5) is 12.0. The minimum atomic E-state index is -0.933. The van der Waals surface area contributed by atoms with Gasteiger partial charge in [0.25, 0.3) is 0 Å². The van der Waals surface area contributed by atoms with Crippen molar-refractivity contribution in [2.75, 3.05) is 26.3 Å². The third-order valence-corrected chi connectivity index (χ3v) is 1.88. The Kier molecular flexibility index (Phi) is 3.22. The molecule has 1 aliphatic heterocycles. The van der Waals surface area contributed by atoms with Gasteiger partial charge in [-0.05, 0) is 0 Å². The fourth-order valence-electron chi connectivity index (χ4n) is 1.23. The summed E-state index contributed by atoms with van der Waals surface area (Å²) in [6.45, 7) is 1.85. The lowest BCUT2D eigenvalue weighted by Crippen LogP contribution is -2.47. The molecule has 1 heterocycles. The second-order valence-corrected chi connectivity index (χ2v) is 2.98. The molecular formula is C8H12FNO2. The second kappa shape index (κ2) is 4.21. The molecule has 1 saturated heterocycles. The van der Waals surface area contributed by atoms with E-state index in [2.05, 4.69) is 0 Å². The molecule has 1 fully saturated rings. The highest BCUT2D eigenvalue weighted by atomic mass is 19.1. The molecule has 0 aliphatic carbocycles. The highest BCUT2D eigenvalue weighted by Crippen LogP contribution is 2.14. The Morgan fingerprint density at radius 2 is 2.33 bits per heavy atom. The van der Waals surface area contributed by atoms with Crippen LogP contribution in [-0.4, -0.2) is 42.3 Å². The molecule has 1 rings (SSSR count). The maximum absolute atomic E-state index is 11.9. The molecule has 0 spiro atoms. The number of alkyl halides is 1. The molecule has 0 bridgehead atoms. The Balaban J connectivity index is 2.07. The van der Waals surface area contributed by atoms with Crippen molar-refractivity contribution in [3.05, 3.63) is 12.2 Å². The highest BCUT2D eigenvalue weighted by molar-refractivity contribution is 5.79. The van der Waals surface area contributed by atoms with Crippen molar-refractivity contribution >= 4 is 5.97 Å². The number of carboxylic acid groups (broad SMARTS) is 1. The molecule has 1 N–H and O–H groups in total. The highest BCUT2D eigenvalue weighted by Gasteiger charge is 2.24. The number of rotatable bonds is 4. The molecule has 0 radical (unpaired) electrons. The quantitative estimate of drug-likeness (QED) is 0.630. The molecule has 0 aromatic carbocycles. The summed E-state index contributed by atoms with van der Waals surface area (Å²) in [5, 5.41) is 8.25. The number of likely N-dealkylation sites (tertiary alicyclic amines) is 1. The predicted molar refractivity (Wildman–Crippen MR) is 42.7 cm³/mol. The van der Waals surface area contributed by atoms with E-state index >= 15 is 0 Å². The molecule has 0 aromatic rings. The minimum Gasteiger partial charge on any atom is -0.478 e. The zero-order valence-electron chi connectivity index (χ0n) is 6.74. The van der Waals surface area contributed by atoms with Crippen LogP contribution < -0.4 is 0 Å². The predicted octanol–water partition coefficient (Wildman–Crippen LogP) is 0.529. The zero-order chi connectivity index (χ0) is 8.97. The van der Waals surface area contributed by atoms with E-state index in [4.69, 9.17) is 5.11 Å². The van der Waals surface area contributed by atoms with Crippen molar-refractivity contribution in [3.63, 3.8) is 0 Å². The fourth-order valence-corrected chi connectivity index (χ4v) is 1.23. The van der Waals surface area contributed by atoms with Gasteiger partial charge in [-0.3, -0.25) is 9.29 Å². The molecule has 0 saturated carbocycles. The Bertz CT molecular complexity index is 187. The molecule has 0 aromatic heterocycles. The number of aliphatic carboxylic acids is 1. The van der Waals surface area contributed by atoms with E-state index in [-0.39, 0.29) is 12.6 Å². The van der Waals surface area contributed by atoms with Gasteiger partial charge in [0, 0.05) is 31.6 Å². The average molecular weight is 173 g/mol. The van der Waals surface area contributed by atoms with Gasteiger partial charge < -0.3 is 5.11 Å². The third kappa shape index (κ3) is 2.62. The van der Waals surface area contributed by atoms with Gasteiger partial charge in [-0.1, -0.05) is 6.08 Å². The Morgan fingerprint density at radius 1 is 1.67 bits per heavy atom. The van der Waals surface area contributed by atoms with Crippen LogP contribution in [0, 0.1) is 5.92 Å². The summed E-state index contributed by atoms with van der Waals surface area (Å²) in [5.74, 6) is -0.763. The van der Waals surface area contributed by atoms with Crippen LogP contribution in [0.15, 0.2) is 12.2 Å². The molecule has 3 nitrogen and oxygen atoms in total. The zero-order valence-corrected chi connectivity index (χ0v) is 6.74. The molecule has 4 heteroatoms. The lowest BCUT2D eigenvalue weighted by Gasteiger charge is -2.36. The van der Waals surface area contributed by atoms with Crippen LogP contribution >= 0.6 is 0 Å². The SMILES string of the molecule is O=C(O)/C=C/CN1CC(CF)C1. The van der Waals surface area contributed by atoms with Gasteiger partial charge in [0.15, 0.2) is 0 Å². The summed E-state index contributed by atoms with van der Waals surface area (Å²) in [6.07, 6.45) is 2.69. The van der Waals surface area contributed by atoms with Gasteiger partial charge in [0.2, 0.25) is 0 Å². The first-order valence-corrected chi connectivity index (χ1v) is 3.90. The van der Waals surface area contributed by atoms with E-state index in [1.807, 2.05) is 4.90 Å². The van der Waals surface area contributed by atoms with Gasteiger partial charge in [0.05, 0.1) is 6.67 Å². The Hall–Kier alpha value is -0.900. The molecular weight excluding hydrogens is 161 g/mol. The average Bonchev–Trinajstić information content (AvgIpc) is 1.93. The van der Waals surface area contributed by atoms with Crippen molar-refractivity contribution in [1.82, 2.24) is 4.90 Å². The van der Waals surface area contributed by atoms with Gasteiger partial charge in [-0.15, -0.1) is 0 Å². The van der Waals surface area contributed by atoms with Crippen LogP contribution in [0.1, 0.15) is 0 Å². The Morgan fingerprint density at radius 3 is 2.83 bits per heavy atom. The van der Waals surface area contributed by atoms with Crippen molar-refractivity contribution < 1.29 is 14.3 Å². The topological polar surface area (TPSA) is 40.5 Å². The van der Waals surface area contributed by atoms with E-state index in [1.165, 1.54) is 0 Å². The van der Waals surface area contributed by atoms with Crippen molar-refractivity contribution in [1.29, 1.82) is 0 Å². The Labute approximate surface area is 70.5 Å². The maximum atomic E-state index is 11.9. The molecule has 12 heavy (non-hydrogen) atoms. The van der Waals surface area contributed by atoms with E-state index in [0.29, 0.717) is 6.54 Å². The molecule has 0 atom stereocenters. The van der Waals surface area contributed by atoms with Crippen LogP contribution in [-0.2, 0) is 4.79 Å². The van der Waals surface area contributed by atoms with Gasteiger partial charge in [0.1, 0.15) is 0 Å². The number of halogens is 1. The van der Waals surface area contributed by atoms with Gasteiger partial charge in [-0.2, -0.15) is 0 Å². The van der Waals surface area contributed by atoms with Crippen molar-refractivity contribution in [2.45, 2.75) is 0 Å². The normalized spacial score (nSPS) is 19.8. The number of nitrogens with zero attached hydrogens (tertiary/aromatic N) is 1. The largest absolute Gasteiger partial charge is 0.478 e. The van der Waals surface area contributed by atoms with E-state index in [9.17, 15) is 9.18 Å². The number of hydrogen-bond donors (Lipinski definition) is 1. The van der Waals surface area contributed by atoms with E-state index < -0.39 is 5.97 Å². The second-order valence-electron chi connectivity index (χ2n) is 2.98. The smallest absolute Gasteiger partial charge is 0.328 e. The third-order valence-electron chi connectivity index (χ3n) is 1.88. The van der Waals surface area contributed by atoms with Crippen LogP contribution in [0.2, 0.25) is 0 Å². The number of carboxylic acids is 1. The first-order valence-electron chi connectivity index (χ1n) is 3.90. The van der Waals surface area contributed by atoms with Crippen LogP contribution in [0.25, 0.3) is 0 Å². The summed E-state index contributed by atoms with van der Waals surface area (Å²) in [7, 11) is 0. The number of carbonyl (C=O) groups is 1. The lowest BCUT2D eigenvalue weighted by atomic mass is 10.0. The standard InChI is InChI=1S/C8H12FNO2/c9-4-7-5-10(6-7)3-1-2-8(11)12/h1-2,7H,3-6H2,(H,11,12)/b2-1+. The first-order chi connectivity index (χ1) is 5.72. The van der Waals surface area contributed by atoms with Crippen LogP contribution in [0.3, 0.4) is 0 Å². The van der Waals surface area contributed by atoms with Gasteiger partial charge >= 0.3 is 5.97 Å². The van der Waals surface area contributed by atoms with E-state index in [1.54, 1.807) is 6.08 Å². The summed E-state index contributed by atoms with van der Waals surface area (Å²) in [5.41, 5.74) is 0. The van der Waals surface area contributed by atoms with Crippen molar-refractivity contribution in [2.24, 2.45) is 5.92 Å². The first kappa shape index (κ1) is 9.19. The fraction of sp³-hybridized carbons (Fsp3) is 0.625. The molecule has 1 aliphatic rings. The van der Waals surface area contributed by atoms with Crippen LogP contribution in [0.5, 0.6) is 0 Å². The molecule has 0 amide bonds. The number of hydrogen-bond acceptors (Lipinski definition) is 2. The summed E-state index contributed by atoms with van der Waals surface area (Å²) < 4.78 is 11.9. The molecule has 68 valence electrons.